The summed E-state index contributed by atoms with van der Waals surface area (Å²) in [7, 11) is 0. The van der Waals surface area contributed by atoms with Crippen molar-refractivity contribution in [1.29, 1.82) is 0 Å². The summed E-state index contributed by atoms with van der Waals surface area (Å²) < 4.78 is 0. The van der Waals surface area contributed by atoms with Gasteiger partial charge in [-0.05, 0) is 38.5 Å². The normalized spacial score (nSPS) is 13.4. The topological polar surface area (TPSA) is 89.8 Å². The number of hydrogen-bond acceptors (Lipinski definition) is 4. The maximum atomic E-state index is 12.5. The van der Waals surface area contributed by atoms with Gasteiger partial charge < -0.3 is 20.6 Å². The van der Waals surface area contributed by atoms with E-state index in [0.717, 1.165) is 38.5 Å². The molecule has 0 rings (SSSR count). The molecule has 0 aromatic rings. The van der Waals surface area contributed by atoms with Crippen LogP contribution in [0.25, 0.3) is 0 Å². The van der Waals surface area contributed by atoms with E-state index in [-0.39, 0.29) is 12.5 Å². The van der Waals surface area contributed by atoms with Gasteiger partial charge in [-0.15, -0.1) is 0 Å². The van der Waals surface area contributed by atoms with Gasteiger partial charge in [0.1, 0.15) is 6.10 Å². The minimum atomic E-state index is -1.13. The van der Waals surface area contributed by atoms with Gasteiger partial charge in [-0.2, -0.15) is 0 Å². The van der Waals surface area contributed by atoms with Crippen molar-refractivity contribution in [3.8, 4) is 0 Å². The van der Waals surface area contributed by atoms with E-state index in [1.54, 1.807) is 0 Å². The van der Waals surface area contributed by atoms with Crippen molar-refractivity contribution in [2.75, 3.05) is 6.61 Å². The summed E-state index contributed by atoms with van der Waals surface area (Å²) in [4.78, 5) is 12.5. The molecule has 3 atom stereocenters. The van der Waals surface area contributed by atoms with E-state index in [1.807, 2.05) is 0 Å². The number of aliphatic hydroxyl groups excluding tert-OH is 3. The second kappa shape index (κ2) is 48.8. The third kappa shape index (κ3) is 43.2. The fourth-order valence-corrected chi connectivity index (χ4v) is 8.51. The molecule has 0 saturated carbocycles. The van der Waals surface area contributed by atoms with Crippen LogP contribution in [0.5, 0.6) is 0 Å². The van der Waals surface area contributed by atoms with Crippen LogP contribution < -0.4 is 5.32 Å². The van der Waals surface area contributed by atoms with E-state index >= 15 is 0 Å². The maximum Gasteiger partial charge on any atom is 0.220 e. The Morgan fingerprint density at radius 2 is 0.690 bits per heavy atom. The largest absolute Gasteiger partial charge is 0.394 e. The zero-order chi connectivity index (χ0) is 42.3. The van der Waals surface area contributed by atoms with Crippen molar-refractivity contribution in [3.05, 3.63) is 12.2 Å². The third-order valence-corrected chi connectivity index (χ3v) is 12.6. The first kappa shape index (κ1) is 57.1. The molecule has 0 bridgehead atoms. The van der Waals surface area contributed by atoms with Gasteiger partial charge in [0.2, 0.25) is 5.91 Å². The summed E-state index contributed by atoms with van der Waals surface area (Å²) in [5.41, 5.74) is 0. The van der Waals surface area contributed by atoms with E-state index < -0.39 is 18.2 Å². The van der Waals surface area contributed by atoms with Gasteiger partial charge in [-0.25, -0.2) is 0 Å². The van der Waals surface area contributed by atoms with Gasteiger partial charge in [0.25, 0.3) is 0 Å². The predicted molar refractivity (Wildman–Crippen MR) is 255 cm³/mol. The number of rotatable bonds is 49. The molecule has 0 spiro atoms. The Balaban J connectivity index is 3.46. The molecule has 5 heteroatoms. The smallest absolute Gasteiger partial charge is 0.220 e. The Kier molecular flexibility index (Phi) is 48.0. The number of nitrogens with one attached hydrogen (secondary N) is 1. The van der Waals surface area contributed by atoms with Crippen molar-refractivity contribution in [2.45, 2.75) is 315 Å². The molecule has 0 aliphatic rings. The van der Waals surface area contributed by atoms with Crippen LogP contribution in [-0.4, -0.2) is 46.1 Å². The van der Waals surface area contributed by atoms with Crippen LogP contribution in [0.15, 0.2) is 12.2 Å². The number of aliphatic hydroxyl groups is 3. The fourth-order valence-electron chi connectivity index (χ4n) is 8.51. The van der Waals surface area contributed by atoms with Gasteiger partial charge in [0.15, 0.2) is 0 Å². The lowest BCUT2D eigenvalue weighted by atomic mass is 9.99. The van der Waals surface area contributed by atoms with E-state index in [2.05, 4.69) is 31.3 Å². The first-order valence-electron chi connectivity index (χ1n) is 26.5. The molecule has 0 aliphatic carbocycles. The highest BCUT2D eigenvalue weighted by Gasteiger charge is 2.26. The first-order chi connectivity index (χ1) is 28.6. The summed E-state index contributed by atoms with van der Waals surface area (Å²) in [5.74, 6) is -0.140. The van der Waals surface area contributed by atoms with Gasteiger partial charge in [-0.1, -0.05) is 264 Å². The summed E-state index contributed by atoms with van der Waals surface area (Å²) in [5, 5.41) is 33.6. The molecule has 0 heterocycles. The second-order valence-corrected chi connectivity index (χ2v) is 18.4. The standard InChI is InChI=1S/C53H105NO4/c1-3-5-7-9-11-13-15-17-18-19-20-21-22-23-24-25-26-27-28-29-30-31-32-33-34-35-36-38-40-42-44-46-48-52(57)54-50(49-55)53(58)51(56)47-45-43-41-39-37-16-14-12-10-8-6-4-2/h23-24,50-51,53,55-56,58H,3-22,25-49H2,1-2H3,(H,54,57)/b24-23-. The lowest BCUT2D eigenvalue weighted by molar-refractivity contribution is -0.124. The zero-order valence-corrected chi connectivity index (χ0v) is 39.5. The van der Waals surface area contributed by atoms with Gasteiger partial charge in [0.05, 0.1) is 18.8 Å². The van der Waals surface area contributed by atoms with Crippen molar-refractivity contribution < 1.29 is 20.1 Å². The van der Waals surface area contributed by atoms with Crippen LogP contribution in [-0.2, 0) is 4.79 Å². The molecular weight excluding hydrogens is 715 g/mol. The fraction of sp³-hybridized carbons (Fsp3) is 0.943. The number of unbranched alkanes of at least 4 members (excludes halogenated alkanes) is 39. The summed E-state index contributed by atoms with van der Waals surface area (Å²) in [6.45, 7) is 4.20. The van der Waals surface area contributed by atoms with Crippen molar-refractivity contribution in [1.82, 2.24) is 5.32 Å². The molecule has 0 aromatic heterocycles. The molecule has 0 fully saturated rings. The van der Waals surface area contributed by atoms with Crippen LogP contribution in [0.4, 0.5) is 0 Å². The number of carbonyl (C=O) groups excluding carboxylic acids is 1. The van der Waals surface area contributed by atoms with Gasteiger partial charge in [-0.3, -0.25) is 4.79 Å². The molecule has 5 nitrogen and oxygen atoms in total. The number of amides is 1. The summed E-state index contributed by atoms with van der Waals surface area (Å²) in [6, 6.07) is -0.805. The Labute approximate surface area is 363 Å². The SMILES string of the molecule is CCCCCCCCCCCCCC/C=C\CCCCCCCCCCCCCCCCCCC(=O)NC(CO)C(O)C(O)CCCCCCCCCCCCCC. The summed E-state index contributed by atoms with van der Waals surface area (Å²) >= 11 is 0. The molecule has 346 valence electrons. The van der Waals surface area contributed by atoms with Crippen LogP contribution >= 0.6 is 0 Å². The zero-order valence-electron chi connectivity index (χ0n) is 39.5. The minimum absolute atomic E-state index is 0.140. The van der Waals surface area contributed by atoms with Crippen LogP contribution in [0.1, 0.15) is 296 Å². The van der Waals surface area contributed by atoms with Crippen LogP contribution in [0.3, 0.4) is 0 Å². The average molecular weight is 820 g/mol. The Bertz CT molecular complexity index is 818. The Hall–Kier alpha value is -0.910. The van der Waals surface area contributed by atoms with E-state index in [9.17, 15) is 20.1 Å². The molecule has 58 heavy (non-hydrogen) atoms. The highest BCUT2D eigenvalue weighted by atomic mass is 16.3. The van der Waals surface area contributed by atoms with Crippen molar-refractivity contribution in [2.24, 2.45) is 0 Å². The van der Waals surface area contributed by atoms with Gasteiger partial charge >= 0.3 is 0 Å². The highest BCUT2D eigenvalue weighted by molar-refractivity contribution is 5.76. The van der Waals surface area contributed by atoms with E-state index in [0.29, 0.717) is 12.8 Å². The predicted octanol–water partition coefficient (Wildman–Crippen LogP) is 15.9. The molecule has 0 aromatic carbocycles. The van der Waals surface area contributed by atoms with Crippen LogP contribution in [0, 0.1) is 0 Å². The van der Waals surface area contributed by atoms with Gasteiger partial charge in [0, 0.05) is 6.42 Å². The molecule has 3 unspecified atom stereocenters. The lowest BCUT2D eigenvalue weighted by Crippen LogP contribution is -2.50. The Morgan fingerprint density at radius 3 is 1.00 bits per heavy atom. The molecule has 1 amide bonds. The Morgan fingerprint density at radius 1 is 0.414 bits per heavy atom. The molecule has 0 saturated heterocycles. The number of hydrogen-bond donors (Lipinski definition) is 4. The number of carbonyl (C=O) groups is 1. The highest BCUT2D eigenvalue weighted by Crippen LogP contribution is 2.17. The second-order valence-electron chi connectivity index (χ2n) is 18.4. The molecule has 0 aliphatic heterocycles. The maximum absolute atomic E-state index is 12.5. The van der Waals surface area contributed by atoms with E-state index in [1.165, 1.54) is 231 Å². The minimum Gasteiger partial charge on any atom is -0.394 e. The molecule has 4 N–H and O–H groups in total. The number of allylic oxidation sites excluding steroid dienone is 2. The summed E-state index contributed by atoms with van der Waals surface area (Å²) in [6.07, 6.45) is 59.4. The van der Waals surface area contributed by atoms with Crippen molar-refractivity contribution >= 4 is 5.91 Å². The van der Waals surface area contributed by atoms with Crippen molar-refractivity contribution in [3.63, 3.8) is 0 Å². The van der Waals surface area contributed by atoms with Crippen LogP contribution in [0.2, 0.25) is 0 Å². The first-order valence-corrected chi connectivity index (χ1v) is 26.5. The monoisotopic (exact) mass is 820 g/mol. The molecule has 0 radical (unpaired) electrons. The average Bonchev–Trinajstić information content (AvgIpc) is 3.23. The quantitative estimate of drug-likeness (QED) is 0.0364. The molecular formula is C53H105NO4. The van der Waals surface area contributed by atoms with E-state index in [4.69, 9.17) is 0 Å². The lowest BCUT2D eigenvalue weighted by Gasteiger charge is -2.26. The third-order valence-electron chi connectivity index (χ3n) is 12.6.